The molecule has 2 heteroatoms. The largest absolute Gasteiger partial charge is 0.336 e. The van der Waals surface area contributed by atoms with Crippen molar-refractivity contribution in [3.63, 3.8) is 0 Å². The predicted octanol–water partition coefficient (Wildman–Crippen LogP) is 4.06. The molecule has 2 aromatic carbocycles. The first-order valence-electron chi connectivity index (χ1n) is 7.51. The molecule has 102 valence electrons. The standard InChI is InChI=1S/C18H20N2/c1-19-12-6-7-14(13-19)20-17-10-4-2-8-15(17)16-9-3-5-11-18(16)20/h2-5,8-11,14H,6-7,12-13H2,1H3. The molecule has 1 unspecified atom stereocenters. The Kier molecular flexibility index (Phi) is 2.78. The highest BCUT2D eigenvalue weighted by molar-refractivity contribution is 6.08. The first-order chi connectivity index (χ1) is 9.84. The van der Waals surface area contributed by atoms with Gasteiger partial charge in [-0.05, 0) is 38.6 Å². The van der Waals surface area contributed by atoms with Crippen LogP contribution in [0.3, 0.4) is 0 Å². The van der Waals surface area contributed by atoms with Gasteiger partial charge >= 0.3 is 0 Å². The molecule has 0 amide bonds. The van der Waals surface area contributed by atoms with Crippen LogP contribution in [0.25, 0.3) is 21.8 Å². The van der Waals surface area contributed by atoms with E-state index in [9.17, 15) is 0 Å². The summed E-state index contributed by atoms with van der Waals surface area (Å²) in [6, 6.07) is 18.2. The monoisotopic (exact) mass is 264 g/mol. The SMILES string of the molecule is CN1CCCC(n2c3ccccc3c3ccccc32)C1. The molecule has 20 heavy (non-hydrogen) atoms. The van der Waals surface area contributed by atoms with Crippen LogP contribution in [0.15, 0.2) is 48.5 Å². The van der Waals surface area contributed by atoms with E-state index in [0.717, 1.165) is 6.54 Å². The van der Waals surface area contributed by atoms with Gasteiger partial charge in [0, 0.05) is 34.4 Å². The molecule has 0 spiro atoms. The molecule has 1 saturated heterocycles. The lowest BCUT2D eigenvalue weighted by atomic mass is 10.1. The summed E-state index contributed by atoms with van der Waals surface area (Å²) >= 11 is 0. The van der Waals surface area contributed by atoms with E-state index in [1.54, 1.807) is 0 Å². The van der Waals surface area contributed by atoms with Crippen molar-refractivity contribution in [1.29, 1.82) is 0 Å². The molecule has 1 aliphatic heterocycles. The van der Waals surface area contributed by atoms with Crippen LogP contribution >= 0.6 is 0 Å². The van der Waals surface area contributed by atoms with E-state index >= 15 is 0 Å². The van der Waals surface area contributed by atoms with Crippen molar-refractivity contribution < 1.29 is 0 Å². The first-order valence-corrected chi connectivity index (χ1v) is 7.51. The fraction of sp³-hybridized carbons (Fsp3) is 0.333. The molecule has 0 saturated carbocycles. The van der Waals surface area contributed by atoms with Crippen molar-refractivity contribution in [2.75, 3.05) is 20.1 Å². The van der Waals surface area contributed by atoms with Crippen molar-refractivity contribution in [2.24, 2.45) is 0 Å². The first kappa shape index (κ1) is 12.0. The fourth-order valence-electron chi connectivity index (χ4n) is 3.70. The number of fused-ring (bicyclic) bond motifs is 3. The Bertz CT molecular complexity index is 703. The minimum Gasteiger partial charge on any atom is -0.336 e. The molecule has 2 heterocycles. The highest BCUT2D eigenvalue weighted by atomic mass is 15.2. The number of likely N-dealkylation sites (N-methyl/N-ethyl adjacent to an activating group) is 1. The lowest BCUT2D eigenvalue weighted by molar-refractivity contribution is 0.218. The van der Waals surface area contributed by atoms with Gasteiger partial charge in [0.1, 0.15) is 0 Å². The highest BCUT2D eigenvalue weighted by Gasteiger charge is 2.22. The number of aromatic nitrogens is 1. The summed E-state index contributed by atoms with van der Waals surface area (Å²) in [5.41, 5.74) is 2.77. The van der Waals surface area contributed by atoms with Gasteiger partial charge in [-0.1, -0.05) is 36.4 Å². The average molecular weight is 264 g/mol. The van der Waals surface area contributed by atoms with E-state index in [4.69, 9.17) is 0 Å². The fourth-order valence-corrected chi connectivity index (χ4v) is 3.70. The smallest absolute Gasteiger partial charge is 0.0494 e. The predicted molar refractivity (Wildman–Crippen MR) is 85.2 cm³/mol. The van der Waals surface area contributed by atoms with E-state index < -0.39 is 0 Å². The van der Waals surface area contributed by atoms with Gasteiger partial charge in [0.15, 0.2) is 0 Å². The van der Waals surface area contributed by atoms with Crippen LogP contribution in [0.4, 0.5) is 0 Å². The number of piperidine rings is 1. The number of hydrogen-bond donors (Lipinski definition) is 0. The summed E-state index contributed by atoms with van der Waals surface area (Å²) in [7, 11) is 2.24. The third-order valence-corrected chi connectivity index (χ3v) is 4.58. The van der Waals surface area contributed by atoms with E-state index in [0.29, 0.717) is 6.04 Å². The lowest BCUT2D eigenvalue weighted by Gasteiger charge is -2.31. The molecule has 0 radical (unpaired) electrons. The maximum absolute atomic E-state index is 2.57. The Morgan fingerprint density at radius 1 is 0.900 bits per heavy atom. The molecular formula is C18H20N2. The van der Waals surface area contributed by atoms with Crippen LogP contribution in [0.5, 0.6) is 0 Å². The Hall–Kier alpha value is -1.80. The molecule has 0 N–H and O–H groups in total. The van der Waals surface area contributed by atoms with E-state index in [2.05, 4.69) is 65.0 Å². The second-order valence-corrected chi connectivity index (χ2v) is 5.96. The van der Waals surface area contributed by atoms with Gasteiger partial charge in [-0.15, -0.1) is 0 Å². The topological polar surface area (TPSA) is 8.17 Å². The number of likely N-dealkylation sites (tertiary alicyclic amines) is 1. The number of rotatable bonds is 1. The molecule has 0 aliphatic carbocycles. The maximum Gasteiger partial charge on any atom is 0.0494 e. The molecule has 1 atom stereocenters. The van der Waals surface area contributed by atoms with Crippen molar-refractivity contribution in [2.45, 2.75) is 18.9 Å². The third-order valence-electron chi connectivity index (χ3n) is 4.58. The molecule has 2 nitrogen and oxygen atoms in total. The number of nitrogens with zero attached hydrogens (tertiary/aromatic N) is 2. The minimum atomic E-state index is 0.596. The zero-order chi connectivity index (χ0) is 13.5. The van der Waals surface area contributed by atoms with Crippen LogP contribution < -0.4 is 0 Å². The number of hydrogen-bond acceptors (Lipinski definition) is 1. The zero-order valence-corrected chi connectivity index (χ0v) is 11.9. The van der Waals surface area contributed by atoms with Crippen molar-refractivity contribution in [3.05, 3.63) is 48.5 Å². The molecule has 1 aromatic heterocycles. The summed E-state index contributed by atoms with van der Waals surface area (Å²) in [5.74, 6) is 0. The molecule has 3 aromatic rings. The van der Waals surface area contributed by atoms with E-state index in [-0.39, 0.29) is 0 Å². The van der Waals surface area contributed by atoms with Crippen LogP contribution in [0.1, 0.15) is 18.9 Å². The Morgan fingerprint density at radius 3 is 2.10 bits per heavy atom. The summed E-state index contributed by atoms with van der Waals surface area (Å²) in [4.78, 5) is 2.46. The number of para-hydroxylation sites is 2. The summed E-state index contributed by atoms with van der Waals surface area (Å²) < 4.78 is 2.57. The van der Waals surface area contributed by atoms with Gasteiger partial charge in [0.2, 0.25) is 0 Å². The van der Waals surface area contributed by atoms with Crippen molar-refractivity contribution in [3.8, 4) is 0 Å². The second kappa shape index (κ2) is 4.64. The van der Waals surface area contributed by atoms with Crippen LogP contribution in [0, 0.1) is 0 Å². The third kappa shape index (κ3) is 1.75. The van der Waals surface area contributed by atoms with Crippen LogP contribution in [-0.2, 0) is 0 Å². The van der Waals surface area contributed by atoms with Gasteiger partial charge in [-0.3, -0.25) is 0 Å². The lowest BCUT2D eigenvalue weighted by Crippen LogP contribution is -2.33. The maximum atomic E-state index is 2.57. The highest BCUT2D eigenvalue weighted by Crippen LogP contribution is 2.34. The van der Waals surface area contributed by atoms with Crippen molar-refractivity contribution in [1.82, 2.24) is 9.47 Å². The van der Waals surface area contributed by atoms with Gasteiger partial charge in [0.25, 0.3) is 0 Å². The summed E-state index contributed by atoms with van der Waals surface area (Å²) in [6.45, 7) is 2.39. The van der Waals surface area contributed by atoms with E-state index in [1.807, 2.05) is 0 Å². The molecule has 1 fully saturated rings. The van der Waals surface area contributed by atoms with Gasteiger partial charge in [-0.25, -0.2) is 0 Å². The van der Waals surface area contributed by atoms with Crippen molar-refractivity contribution >= 4 is 21.8 Å². The Balaban J connectivity index is 2.00. The quantitative estimate of drug-likeness (QED) is 0.643. The Labute approximate surface area is 119 Å². The normalized spacial score (nSPS) is 20.8. The van der Waals surface area contributed by atoms with Gasteiger partial charge < -0.3 is 9.47 Å². The number of benzene rings is 2. The molecule has 1 aliphatic rings. The van der Waals surface area contributed by atoms with Gasteiger partial charge in [0.05, 0.1) is 0 Å². The summed E-state index contributed by atoms with van der Waals surface area (Å²) in [5, 5.41) is 2.77. The second-order valence-electron chi connectivity index (χ2n) is 5.96. The Morgan fingerprint density at radius 2 is 1.50 bits per heavy atom. The zero-order valence-electron chi connectivity index (χ0n) is 11.9. The molecular weight excluding hydrogens is 244 g/mol. The van der Waals surface area contributed by atoms with Crippen LogP contribution in [-0.4, -0.2) is 29.6 Å². The molecule has 0 bridgehead atoms. The average Bonchev–Trinajstić information content (AvgIpc) is 2.82. The van der Waals surface area contributed by atoms with Gasteiger partial charge in [-0.2, -0.15) is 0 Å². The summed E-state index contributed by atoms with van der Waals surface area (Å²) in [6.07, 6.45) is 2.58. The van der Waals surface area contributed by atoms with E-state index in [1.165, 1.54) is 41.2 Å². The minimum absolute atomic E-state index is 0.596. The molecule has 4 rings (SSSR count). The van der Waals surface area contributed by atoms with Crippen LogP contribution in [0.2, 0.25) is 0 Å².